The van der Waals surface area contributed by atoms with Crippen LogP contribution in [-0.4, -0.2) is 24.7 Å². The zero-order valence-electron chi connectivity index (χ0n) is 11.7. The average Bonchev–Trinajstić information content (AvgIpc) is 2.50. The molecule has 1 heterocycles. The Morgan fingerprint density at radius 1 is 1.33 bits per heavy atom. The van der Waals surface area contributed by atoms with E-state index in [1.165, 1.54) is 6.20 Å². The molecular weight excluding hydrogens is 292 g/mol. The van der Waals surface area contributed by atoms with Crippen LogP contribution in [0.15, 0.2) is 36.5 Å². The van der Waals surface area contributed by atoms with E-state index < -0.39 is 5.97 Å². The summed E-state index contributed by atoms with van der Waals surface area (Å²) in [6.07, 6.45) is 1.45. The van der Waals surface area contributed by atoms with Crippen LogP contribution >= 0.6 is 11.6 Å². The number of hydrogen-bond donors (Lipinski definition) is 1. The molecule has 0 aliphatic rings. The van der Waals surface area contributed by atoms with Gasteiger partial charge in [-0.05, 0) is 31.2 Å². The topological polar surface area (TPSA) is 60.5 Å². The molecule has 0 spiro atoms. The summed E-state index contributed by atoms with van der Waals surface area (Å²) in [7, 11) is 1.58. The maximum atomic E-state index is 11.5. The number of ether oxygens (including phenoxy) is 2. The SMILES string of the molecule is CCOC(=O)c1ccc(Nc2cc(OC)ccc2Cl)nc1. The standard InChI is InChI=1S/C15H15ClN2O3/c1-3-21-15(19)10-4-7-14(17-9-10)18-13-8-11(20-2)5-6-12(13)16/h4-9H,3H2,1-2H3,(H,17,18). The molecule has 5 nitrogen and oxygen atoms in total. The molecule has 0 unspecified atom stereocenters. The van der Waals surface area contributed by atoms with Crippen molar-refractivity contribution in [3.8, 4) is 5.75 Å². The fraction of sp³-hybridized carbons (Fsp3) is 0.200. The molecule has 6 heteroatoms. The number of anilines is 2. The molecule has 0 radical (unpaired) electrons. The second-order valence-corrected chi connectivity index (χ2v) is 4.53. The smallest absolute Gasteiger partial charge is 0.339 e. The first-order chi connectivity index (χ1) is 10.1. The Kier molecular flexibility index (Phi) is 5.00. The first kappa shape index (κ1) is 15.1. The number of carbonyl (C=O) groups excluding carboxylic acids is 1. The molecule has 2 rings (SSSR count). The molecule has 0 aliphatic carbocycles. The van der Waals surface area contributed by atoms with E-state index in [4.69, 9.17) is 21.1 Å². The summed E-state index contributed by atoms with van der Waals surface area (Å²) in [5.41, 5.74) is 1.08. The van der Waals surface area contributed by atoms with Crippen molar-refractivity contribution < 1.29 is 14.3 Å². The van der Waals surface area contributed by atoms with Crippen molar-refractivity contribution in [3.05, 3.63) is 47.1 Å². The van der Waals surface area contributed by atoms with Crippen molar-refractivity contribution in [2.24, 2.45) is 0 Å². The third-order valence-corrected chi connectivity index (χ3v) is 3.04. The number of methoxy groups -OCH3 is 1. The number of pyridine rings is 1. The van der Waals surface area contributed by atoms with Crippen molar-refractivity contribution >= 4 is 29.1 Å². The number of halogens is 1. The number of nitrogens with one attached hydrogen (secondary N) is 1. The largest absolute Gasteiger partial charge is 0.497 e. The van der Waals surface area contributed by atoms with Crippen molar-refractivity contribution in [2.45, 2.75) is 6.92 Å². The lowest BCUT2D eigenvalue weighted by Crippen LogP contribution is -2.05. The maximum absolute atomic E-state index is 11.5. The first-order valence-electron chi connectivity index (χ1n) is 6.37. The van der Waals surface area contributed by atoms with Crippen LogP contribution < -0.4 is 10.1 Å². The number of hydrogen-bond acceptors (Lipinski definition) is 5. The minimum atomic E-state index is -0.393. The molecule has 21 heavy (non-hydrogen) atoms. The van der Waals surface area contributed by atoms with Crippen LogP contribution in [0.3, 0.4) is 0 Å². The Morgan fingerprint density at radius 3 is 2.76 bits per heavy atom. The van der Waals surface area contributed by atoms with Gasteiger partial charge >= 0.3 is 5.97 Å². The van der Waals surface area contributed by atoms with E-state index in [1.54, 1.807) is 44.4 Å². The van der Waals surface area contributed by atoms with Gasteiger partial charge < -0.3 is 14.8 Å². The fourth-order valence-corrected chi connectivity index (χ4v) is 1.83. The number of aromatic nitrogens is 1. The van der Waals surface area contributed by atoms with E-state index in [2.05, 4.69) is 10.3 Å². The van der Waals surface area contributed by atoms with Gasteiger partial charge in [-0.15, -0.1) is 0 Å². The minimum Gasteiger partial charge on any atom is -0.497 e. The van der Waals surface area contributed by atoms with Gasteiger partial charge in [0.05, 0.1) is 30.0 Å². The number of nitrogens with zero attached hydrogens (tertiary/aromatic N) is 1. The predicted octanol–water partition coefficient (Wildman–Crippen LogP) is 3.66. The van der Waals surface area contributed by atoms with Gasteiger partial charge in [0.2, 0.25) is 0 Å². The molecule has 0 saturated carbocycles. The predicted molar refractivity (Wildman–Crippen MR) is 81.5 cm³/mol. The highest BCUT2D eigenvalue weighted by atomic mass is 35.5. The number of benzene rings is 1. The van der Waals surface area contributed by atoms with Gasteiger partial charge in [0.1, 0.15) is 11.6 Å². The summed E-state index contributed by atoms with van der Waals surface area (Å²) in [4.78, 5) is 15.7. The van der Waals surface area contributed by atoms with Gasteiger partial charge in [0, 0.05) is 12.3 Å². The second kappa shape index (κ2) is 6.95. The van der Waals surface area contributed by atoms with Crippen molar-refractivity contribution in [1.29, 1.82) is 0 Å². The Bertz CT molecular complexity index is 629. The summed E-state index contributed by atoms with van der Waals surface area (Å²) in [5, 5.41) is 3.62. The van der Waals surface area contributed by atoms with Crippen LogP contribution in [0.1, 0.15) is 17.3 Å². The quantitative estimate of drug-likeness (QED) is 0.854. The average molecular weight is 307 g/mol. The lowest BCUT2D eigenvalue weighted by atomic mass is 10.2. The maximum Gasteiger partial charge on any atom is 0.339 e. The summed E-state index contributed by atoms with van der Waals surface area (Å²) in [6, 6.07) is 8.59. The Hall–Kier alpha value is -2.27. The van der Waals surface area contributed by atoms with E-state index in [0.717, 1.165) is 0 Å². The van der Waals surface area contributed by atoms with Crippen LogP contribution in [-0.2, 0) is 4.74 Å². The van der Waals surface area contributed by atoms with E-state index in [1.807, 2.05) is 0 Å². The molecule has 2 aromatic rings. The molecule has 1 aromatic heterocycles. The molecule has 0 fully saturated rings. The summed E-state index contributed by atoms with van der Waals surface area (Å²) >= 11 is 6.11. The molecule has 110 valence electrons. The Balaban J connectivity index is 2.15. The van der Waals surface area contributed by atoms with Gasteiger partial charge in [-0.3, -0.25) is 0 Å². The van der Waals surface area contributed by atoms with Gasteiger partial charge in [-0.25, -0.2) is 9.78 Å². The van der Waals surface area contributed by atoms with E-state index in [9.17, 15) is 4.79 Å². The highest BCUT2D eigenvalue weighted by Crippen LogP contribution is 2.28. The molecule has 0 saturated heterocycles. The monoisotopic (exact) mass is 306 g/mol. The third kappa shape index (κ3) is 3.86. The molecule has 1 N–H and O–H groups in total. The number of esters is 1. The van der Waals surface area contributed by atoms with Crippen LogP contribution in [0.4, 0.5) is 11.5 Å². The van der Waals surface area contributed by atoms with Crippen LogP contribution in [0.5, 0.6) is 5.75 Å². The van der Waals surface area contributed by atoms with Crippen LogP contribution in [0.25, 0.3) is 0 Å². The molecule has 0 aliphatic heterocycles. The van der Waals surface area contributed by atoms with Crippen molar-refractivity contribution in [2.75, 3.05) is 19.0 Å². The fourth-order valence-electron chi connectivity index (χ4n) is 1.67. The van der Waals surface area contributed by atoms with Gasteiger partial charge in [-0.1, -0.05) is 11.6 Å². The number of rotatable bonds is 5. The van der Waals surface area contributed by atoms with Gasteiger partial charge in [0.25, 0.3) is 0 Å². The normalized spacial score (nSPS) is 10.0. The van der Waals surface area contributed by atoms with Crippen molar-refractivity contribution in [1.82, 2.24) is 4.98 Å². The highest BCUT2D eigenvalue weighted by molar-refractivity contribution is 6.33. The molecule has 1 aromatic carbocycles. The molecule has 0 atom stereocenters. The zero-order valence-corrected chi connectivity index (χ0v) is 12.5. The van der Waals surface area contributed by atoms with Crippen LogP contribution in [0, 0.1) is 0 Å². The van der Waals surface area contributed by atoms with Gasteiger partial charge in [-0.2, -0.15) is 0 Å². The lowest BCUT2D eigenvalue weighted by Gasteiger charge is -2.10. The van der Waals surface area contributed by atoms with E-state index in [0.29, 0.717) is 34.4 Å². The minimum absolute atomic E-state index is 0.332. The van der Waals surface area contributed by atoms with E-state index >= 15 is 0 Å². The van der Waals surface area contributed by atoms with E-state index in [-0.39, 0.29) is 0 Å². The summed E-state index contributed by atoms with van der Waals surface area (Å²) in [6.45, 7) is 2.09. The summed E-state index contributed by atoms with van der Waals surface area (Å²) < 4.78 is 10.0. The second-order valence-electron chi connectivity index (χ2n) is 4.12. The molecule has 0 bridgehead atoms. The summed E-state index contributed by atoms with van der Waals surface area (Å²) in [5.74, 6) is 0.860. The first-order valence-corrected chi connectivity index (χ1v) is 6.75. The van der Waals surface area contributed by atoms with Crippen molar-refractivity contribution in [3.63, 3.8) is 0 Å². The zero-order chi connectivity index (χ0) is 15.2. The van der Waals surface area contributed by atoms with Gasteiger partial charge in [0.15, 0.2) is 0 Å². The lowest BCUT2D eigenvalue weighted by molar-refractivity contribution is 0.0526. The third-order valence-electron chi connectivity index (χ3n) is 2.71. The highest BCUT2D eigenvalue weighted by Gasteiger charge is 2.08. The molecular formula is C15H15ClN2O3. The number of carbonyl (C=O) groups is 1. The molecule has 0 amide bonds. The van der Waals surface area contributed by atoms with Crippen LogP contribution in [0.2, 0.25) is 5.02 Å². The Labute approximate surface area is 127 Å². The Morgan fingerprint density at radius 2 is 2.14 bits per heavy atom.